The maximum atomic E-state index is 13.5. The zero-order valence-corrected chi connectivity index (χ0v) is 18.7. The van der Waals surface area contributed by atoms with Crippen LogP contribution in [-0.4, -0.2) is 38.3 Å². The highest BCUT2D eigenvalue weighted by molar-refractivity contribution is 7.89. The fourth-order valence-corrected chi connectivity index (χ4v) is 6.19. The zero-order chi connectivity index (χ0) is 22.2. The lowest BCUT2D eigenvalue weighted by Gasteiger charge is -2.38. The second-order valence-corrected chi connectivity index (χ2v) is 10.7. The van der Waals surface area contributed by atoms with E-state index in [2.05, 4.69) is 26.0 Å². The van der Waals surface area contributed by atoms with E-state index in [9.17, 15) is 13.2 Å². The summed E-state index contributed by atoms with van der Waals surface area (Å²) < 4.78 is 27.9. The van der Waals surface area contributed by atoms with Gasteiger partial charge in [0.2, 0.25) is 15.9 Å². The minimum Gasteiger partial charge on any atom is -0.312 e. The normalized spacial score (nSPS) is 22.3. The topological polar surface area (TPSA) is 81.5 Å². The summed E-state index contributed by atoms with van der Waals surface area (Å²) >= 11 is 0. The molecule has 2 aromatic rings. The molecule has 1 atom stereocenters. The van der Waals surface area contributed by atoms with Gasteiger partial charge in [0.25, 0.3) is 0 Å². The molecule has 2 aromatic carbocycles. The van der Waals surface area contributed by atoms with Crippen molar-refractivity contribution in [3.05, 3.63) is 59.7 Å². The van der Waals surface area contributed by atoms with Gasteiger partial charge in [0.05, 0.1) is 21.9 Å². The monoisotopic (exact) mass is 437 g/mol. The molecule has 162 valence electrons. The van der Waals surface area contributed by atoms with Gasteiger partial charge in [-0.3, -0.25) is 4.79 Å². The van der Waals surface area contributed by atoms with Gasteiger partial charge in [-0.15, -0.1) is 0 Å². The number of sulfonamides is 1. The van der Waals surface area contributed by atoms with Crippen molar-refractivity contribution >= 4 is 21.6 Å². The summed E-state index contributed by atoms with van der Waals surface area (Å²) in [5.41, 5.74) is 1.84. The molecule has 1 spiro atoms. The Kier molecular flexibility index (Phi) is 5.63. The summed E-state index contributed by atoms with van der Waals surface area (Å²) in [5, 5.41) is 8.96. The molecule has 4 rings (SSSR count). The predicted octanol–water partition coefficient (Wildman–Crippen LogP) is 3.89. The van der Waals surface area contributed by atoms with Crippen LogP contribution in [0.1, 0.15) is 50.2 Å². The third kappa shape index (κ3) is 3.86. The van der Waals surface area contributed by atoms with Crippen molar-refractivity contribution in [3.8, 4) is 6.07 Å². The van der Waals surface area contributed by atoms with Crippen molar-refractivity contribution in [3.63, 3.8) is 0 Å². The summed E-state index contributed by atoms with van der Waals surface area (Å²) in [5.74, 6) is 0.443. The smallest absolute Gasteiger partial charge is 0.243 e. The van der Waals surface area contributed by atoms with Crippen molar-refractivity contribution in [1.82, 2.24) is 4.31 Å². The molecular formula is C24H27N3O3S. The van der Waals surface area contributed by atoms with Gasteiger partial charge >= 0.3 is 0 Å². The van der Waals surface area contributed by atoms with Crippen molar-refractivity contribution in [2.75, 3.05) is 24.5 Å². The summed E-state index contributed by atoms with van der Waals surface area (Å²) in [6.45, 7) is 5.48. The van der Waals surface area contributed by atoms with Crippen LogP contribution in [-0.2, 0) is 14.8 Å². The maximum Gasteiger partial charge on any atom is 0.243 e. The Morgan fingerprint density at radius 1 is 1.00 bits per heavy atom. The number of carbonyl (C=O) groups is 1. The molecule has 0 aliphatic carbocycles. The van der Waals surface area contributed by atoms with E-state index in [1.165, 1.54) is 34.1 Å². The lowest BCUT2D eigenvalue weighted by atomic mass is 9.79. The largest absolute Gasteiger partial charge is 0.312 e. The summed E-state index contributed by atoms with van der Waals surface area (Å²) in [4.78, 5) is 15.4. The second-order valence-electron chi connectivity index (χ2n) is 8.81. The molecule has 1 unspecified atom stereocenters. The van der Waals surface area contributed by atoms with E-state index in [1.54, 1.807) is 0 Å². The molecule has 1 amide bonds. The van der Waals surface area contributed by atoms with E-state index >= 15 is 0 Å². The first kappa shape index (κ1) is 21.5. The van der Waals surface area contributed by atoms with Crippen molar-refractivity contribution < 1.29 is 13.2 Å². The van der Waals surface area contributed by atoms with E-state index in [-0.39, 0.29) is 17.3 Å². The molecule has 31 heavy (non-hydrogen) atoms. The highest BCUT2D eigenvalue weighted by atomic mass is 32.2. The van der Waals surface area contributed by atoms with E-state index in [1.807, 2.05) is 23.1 Å². The van der Waals surface area contributed by atoms with Crippen molar-refractivity contribution in [1.29, 1.82) is 5.26 Å². The number of piperidine rings is 1. The average Bonchev–Trinajstić information content (AvgIpc) is 3.09. The minimum absolute atomic E-state index is 0.0181. The number of hydrogen-bond donors (Lipinski definition) is 0. The highest BCUT2D eigenvalue weighted by Crippen LogP contribution is 2.43. The Morgan fingerprint density at radius 3 is 2.29 bits per heavy atom. The van der Waals surface area contributed by atoms with Gasteiger partial charge in [-0.25, -0.2) is 8.42 Å². The lowest BCUT2D eigenvalue weighted by molar-refractivity contribution is -0.127. The van der Waals surface area contributed by atoms with Gasteiger partial charge in [0.15, 0.2) is 0 Å². The molecule has 2 saturated heterocycles. The molecule has 2 aliphatic rings. The third-order valence-electron chi connectivity index (χ3n) is 6.55. The Bertz CT molecular complexity index is 1120. The van der Waals surface area contributed by atoms with Crippen LogP contribution in [0.3, 0.4) is 0 Å². The number of nitriles is 1. The summed E-state index contributed by atoms with van der Waals surface area (Å²) in [6.07, 6.45) is 2.00. The molecule has 0 saturated carbocycles. The average molecular weight is 438 g/mol. The molecule has 0 bridgehead atoms. The quantitative estimate of drug-likeness (QED) is 0.727. The van der Waals surface area contributed by atoms with Crippen LogP contribution < -0.4 is 4.90 Å². The molecule has 2 heterocycles. The van der Waals surface area contributed by atoms with Crippen LogP contribution in [0.4, 0.5) is 5.69 Å². The van der Waals surface area contributed by atoms with E-state index in [0.717, 1.165) is 5.69 Å². The number of hydrogen-bond acceptors (Lipinski definition) is 4. The van der Waals surface area contributed by atoms with Crippen LogP contribution >= 0.6 is 0 Å². The lowest BCUT2D eigenvalue weighted by Crippen LogP contribution is -2.49. The molecule has 2 fully saturated rings. The van der Waals surface area contributed by atoms with E-state index in [0.29, 0.717) is 43.8 Å². The van der Waals surface area contributed by atoms with E-state index < -0.39 is 15.4 Å². The molecule has 0 radical (unpaired) electrons. The fourth-order valence-electron chi connectivity index (χ4n) is 4.63. The number of benzene rings is 2. The summed E-state index contributed by atoms with van der Waals surface area (Å²) in [7, 11) is -3.72. The van der Waals surface area contributed by atoms with Crippen LogP contribution in [0.15, 0.2) is 53.4 Å². The maximum absolute atomic E-state index is 13.5. The van der Waals surface area contributed by atoms with Crippen LogP contribution in [0.2, 0.25) is 0 Å². The molecule has 7 heteroatoms. The van der Waals surface area contributed by atoms with Gasteiger partial charge in [-0.05, 0) is 67.1 Å². The minimum atomic E-state index is -3.72. The second kappa shape index (κ2) is 8.10. The third-order valence-corrected chi connectivity index (χ3v) is 8.41. The molecule has 0 N–H and O–H groups in total. The molecular weight excluding hydrogens is 410 g/mol. The van der Waals surface area contributed by atoms with Gasteiger partial charge in [-0.1, -0.05) is 26.0 Å². The Morgan fingerprint density at radius 2 is 1.68 bits per heavy atom. The first-order valence-electron chi connectivity index (χ1n) is 10.7. The van der Waals surface area contributed by atoms with Crippen LogP contribution in [0.25, 0.3) is 0 Å². The Labute approximate surface area is 184 Å². The van der Waals surface area contributed by atoms with Crippen molar-refractivity contribution in [2.45, 2.75) is 43.9 Å². The van der Waals surface area contributed by atoms with E-state index in [4.69, 9.17) is 5.26 Å². The number of rotatable bonds is 4. The fraction of sp³-hybridized carbons (Fsp3) is 0.417. The van der Waals surface area contributed by atoms with Crippen LogP contribution in [0, 0.1) is 16.7 Å². The van der Waals surface area contributed by atoms with Crippen molar-refractivity contribution in [2.24, 2.45) is 5.41 Å². The van der Waals surface area contributed by atoms with Gasteiger partial charge in [-0.2, -0.15) is 9.57 Å². The zero-order valence-electron chi connectivity index (χ0n) is 17.9. The highest BCUT2D eigenvalue weighted by Gasteiger charge is 2.51. The Hall–Kier alpha value is -2.69. The first-order chi connectivity index (χ1) is 14.8. The number of amides is 1. The number of nitrogens with zero attached hydrogens (tertiary/aromatic N) is 3. The molecule has 0 aromatic heterocycles. The van der Waals surface area contributed by atoms with Gasteiger partial charge < -0.3 is 4.90 Å². The summed E-state index contributed by atoms with van der Waals surface area (Å²) in [6, 6.07) is 16.0. The van der Waals surface area contributed by atoms with Gasteiger partial charge in [0.1, 0.15) is 0 Å². The Balaban J connectivity index is 1.56. The van der Waals surface area contributed by atoms with Crippen LogP contribution in [0.5, 0.6) is 0 Å². The molecule has 6 nitrogen and oxygen atoms in total. The number of anilines is 1. The molecule has 2 aliphatic heterocycles. The number of carbonyl (C=O) groups excluding carboxylic acids is 1. The first-order valence-corrected chi connectivity index (χ1v) is 12.1. The van der Waals surface area contributed by atoms with Gasteiger partial charge in [0, 0.05) is 25.3 Å². The SMILES string of the molecule is CC(C)c1ccc(N2CCC3(CCCN(S(=O)(=O)c4ccc(C#N)cc4)C3)C2=O)cc1. The standard InChI is InChI=1S/C24H27N3O3S/c1-18(2)20-6-8-21(9-7-20)27-15-13-24(23(27)28)12-3-14-26(17-24)31(29,30)22-10-4-19(16-25)5-11-22/h4-11,18H,3,12-15,17H2,1-2H3. The predicted molar refractivity (Wildman–Crippen MR) is 119 cm³/mol.